The molecule has 0 saturated carbocycles. The number of nitrogens with zero attached hydrogens (tertiary/aromatic N) is 2. The molecule has 1 saturated heterocycles. The average molecular weight is 264 g/mol. The molecule has 1 aromatic heterocycles. The standard InChI is InChI=1S/C10H11F3N2OS/c11-10(12,13)8-3-4-14-9(15-8)17-6-7-2-1-5-16-7/h3-4,7H,1-2,5-6H2. The van der Waals surface area contributed by atoms with Gasteiger partial charge in [0.05, 0.1) is 6.10 Å². The van der Waals surface area contributed by atoms with Gasteiger partial charge in [-0.2, -0.15) is 13.2 Å². The van der Waals surface area contributed by atoms with E-state index in [-0.39, 0.29) is 11.3 Å². The molecule has 0 bridgehead atoms. The van der Waals surface area contributed by atoms with E-state index in [1.54, 1.807) is 0 Å². The molecule has 1 fully saturated rings. The van der Waals surface area contributed by atoms with E-state index in [0.717, 1.165) is 31.7 Å². The second-order valence-electron chi connectivity index (χ2n) is 3.67. The zero-order valence-electron chi connectivity index (χ0n) is 8.91. The Morgan fingerprint density at radius 3 is 2.94 bits per heavy atom. The van der Waals surface area contributed by atoms with Crippen LogP contribution in [0.2, 0.25) is 0 Å². The van der Waals surface area contributed by atoms with Crippen molar-refractivity contribution < 1.29 is 17.9 Å². The Balaban J connectivity index is 1.96. The topological polar surface area (TPSA) is 35.0 Å². The predicted octanol–water partition coefficient (Wildman–Crippen LogP) is 2.77. The maximum Gasteiger partial charge on any atom is 0.433 e. The second kappa shape index (κ2) is 5.22. The minimum absolute atomic E-state index is 0.109. The Hall–Kier alpha value is -0.820. The van der Waals surface area contributed by atoms with Crippen molar-refractivity contribution in [1.29, 1.82) is 0 Å². The molecule has 3 nitrogen and oxygen atoms in total. The van der Waals surface area contributed by atoms with Gasteiger partial charge in [-0.25, -0.2) is 9.97 Å². The van der Waals surface area contributed by atoms with Crippen LogP contribution in [0.4, 0.5) is 13.2 Å². The molecular weight excluding hydrogens is 253 g/mol. The van der Waals surface area contributed by atoms with Crippen LogP contribution in [0, 0.1) is 0 Å². The van der Waals surface area contributed by atoms with Crippen LogP contribution in [-0.4, -0.2) is 28.4 Å². The Morgan fingerprint density at radius 1 is 1.47 bits per heavy atom. The summed E-state index contributed by atoms with van der Waals surface area (Å²) < 4.78 is 42.5. The van der Waals surface area contributed by atoms with Crippen LogP contribution in [0.1, 0.15) is 18.5 Å². The lowest BCUT2D eigenvalue weighted by Gasteiger charge is -2.09. The number of hydrogen-bond donors (Lipinski definition) is 0. The lowest BCUT2D eigenvalue weighted by atomic mass is 10.3. The number of thioether (sulfide) groups is 1. The summed E-state index contributed by atoms with van der Waals surface area (Å²) in [5, 5.41) is 0.148. The number of ether oxygens (including phenoxy) is 1. The van der Waals surface area contributed by atoms with Gasteiger partial charge in [0, 0.05) is 18.6 Å². The van der Waals surface area contributed by atoms with Gasteiger partial charge in [0.15, 0.2) is 5.16 Å². The van der Waals surface area contributed by atoms with Gasteiger partial charge >= 0.3 is 6.18 Å². The molecule has 17 heavy (non-hydrogen) atoms. The fourth-order valence-corrected chi connectivity index (χ4v) is 2.41. The van der Waals surface area contributed by atoms with Crippen molar-refractivity contribution in [1.82, 2.24) is 9.97 Å². The fourth-order valence-electron chi connectivity index (χ4n) is 1.51. The molecule has 0 N–H and O–H groups in total. The van der Waals surface area contributed by atoms with Crippen molar-refractivity contribution in [3.63, 3.8) is 0 Å². The summed E-state index contributed by atoms with van der Waals surface area (Å²) in [4.78, 5) is 7.29. The average Bonchev–Trinajstić information content (AvgIpc) is 2.78. The van der Waals surface area contributed by atoms with Crippen molar-refractivity contribution in [2.75, 3.05) is 12.4 Å². The Bertz CT molecular complexity index is 380. The third-order valence-electron chi connectivity index (χ3n) is 2.35. The van der Waals surface area contributed by atoms with Crippen LogP contribution >= 0.6 is 11.8 Å². The first-order valence-electron chi connectivity index (χ1n) is 5.20. The highest BCUT2D eigenvalue weighted by Crippen LogP contribution is 2.29. The molecule has 1 atom stereocenters. The van der Waals surface area contributed by atoms with Crippen molar-refractivity contribution in [3.8, 4) is 0 Å². The zero-order chi connectivity index (χ0) is 12.3. The fraction of sp³-hybridized carbons (Fsp3) is 0.600. The van der Waals surface area contributed by atoms with Gasteiger partial charge in [0.2, 0.25) is 0 Å². The van der Waals surface area contributed by atoms with E-state index in [9.17, 15) is 13.2 Å². The van der Waals surface area contributed by atoms with E-state index in [0.29, 0.717) is 5.75 Å². The van der Waals surface area contributed by atoms with E-state index in [4.69, 9.17) is 4.74 Å². The summed E-state index contributed by atoms with van der Waals surface area (Å²) >= 11 is 1.20. The van der Waals surface area contributed by atoms with Crippen molar-refractivity contribution in [2.24, 2.45) is 0 Å². The summed E-state index contributed by atoms with van der Waals surface area (Å²) in [6.45, 7) is 0.731. The molecule has 1 aliphatic heterocycles. The molecular formula is C10H11F3N2OS. The third kappa shape index (κ3) is 3.57. The van der Waals surface area contributed by atoms with E-state index in [1.807, 2.05) is 0 Å². The molecule has 0 radical (unpaired) electrons. The van der Waals surface area contributed by atoms with Crippen molar-refractivity contribution in [3.05, 3.63) is 18.0 Å². The highest BCUT2D eigenvalue weighted by molar-refractivity contribution is 7.99. The number of aromatic nitrogens is 2. The van der Waals surface area contributed by atoms with Crippen LogP contribution in [0.25, 0.3) is 0 Å². The van der Waals surface area contributed by atoms with Crippen molar-refractivity contribution >= 4 is 11.8 Å². The second-order valence-corrected chi connectivity index (χ2v) is 4.66. The Labute approximate surface area is 101 Å². The van der Waals surface area contributed by atoms with Crippen molar-refractivity contribution in [2.45, 2.75) is 30.3 Å². The minimum Gasteiger partial charge on any atom is -0.377 e. The first-order chi connectivity index (χ1) is 8.05. The van der Waals surface area contributed by atoms with Crippen LogP contribution in [0.5, 0.6) is 0 Å². The molecule has 94 valence electrons. The highest BCUT2D eigenvalue weighted by atomic mass is 32.2. The van der Waals surface area contributed by atoms with Crippen LogP contribution < -0.4 is 0 Å². The Morgan fingerprint density at radius 2 is 2.29 bits per heavy atom. The largest absolute Gasteiger partial charge is 0.433 e. The molecule has 0 aromatic carbocycles. The Kier molecular flexibility index (Phi) is 3.88. The summed E-state index contributed by atoms with van der Waals surface area (Å²) in [7, 11) is 0. The predicted molar refractivity (Wildman–Crippen MR) is 56.7 cm³/mol. The smallest absolute Gasteiger partial charge is 0.377 e. The summed E-state index contributed by atoms with van der Waals surface area (Å²) in [6, 6.07) is 0.871. The first-order valence-corrected chi connectivity index (χ1v) is 6.19. The number of halogens is 3. The quantitative estimate of drug-likeness (QED) is 0.621. The first kappa shape index (κ1) is 12.6. The number of rotatable bonds is 3. The molecule has 2 rings (SSSR count). The summed E-state index contributed by atoms with van der Waals surface area (Å²) in [5.41, 5.74) is -0.901. The number of alkyl halides is 3. The molecule has 0 spiro atoms. The SMILES string of the molecule is FC(F)(F)c1ccnc(SCC2CCCO2)n1. The molecule has 0 aliphatic carbocycles. The molecule has 1 aromatic rings. The third-order valence-corrected chi connectivity index (χ3v) is 3.34. The minimum atomic E-state index is -4.41. The van der Waals surface area contributed by atoms with Gasteiger partial charge in [-0.15, -0.1) is 0 Å². The molecule has 1 unspecified atom stereocenters. The van der Waals surface area contributed by atoms with Gasteiger partial charge < -0.3 is 4.74 Å². The van der Waals surface area contributed by atoms with Gasteiger partial charge in [-0.3, -0.25) is 0 Å². The molecule has 0 amide bonds. The maximum absolute atomic E-state index is 12.4. The van der Waals surface area contributed by atoms with E-state index in [1.165, 1.54) is 11.8 Å². The molecule has 1 aliphatic rings. The maximum atomic E-state index is 12.4. The normalized spacial score (nSPS) is 20.8. The van der Waals surface area contributed by atoms with E-state index in [2.05, 4.69) is 9.97 Å². The van der Waals surface area contributed by atoms with Gasteiger partial charge in [0.1, 0.15) is 5.69 Å². The lowest BCUT2D eigenvalue weighted by Crippen LogP contribution is -2.11. The number of hydrogen-bond acceptors (Lipinski definition) is 4. The lowest BCUT2D eigenvalue weighted by molar-refractivity contribution is -0.141. The zero-order valence-corrected chi connectivity index (χ0v) is 9.72. The van der Waals surface area contributed by atoms with Gasteiger partial charge in [-0.1, -0.05) is 11.8 Å². The highest BCUT2D eigenvalue weighted by Gasteiger charge is 2.32. The monoisotopic (exact) mass is 264 g/mol. The van der Waals surface area contributed by atoms with Crippen LogP contribution in [-0.2, 0) is 10.9 Å². The van der Waals surface area contributed by atoms with Gasteiger partial charge in [-0.05, 0) is 18.9 Å². The summed E-state index contributed by atoms with van der Waals surface area (Å²) in [5.74, 6) is 0.599. The molecule has 2 heterocycles. The van der Waals surface area contributed by atoms with Gasteiger partial charge in [0.25, 0.3) is 0 Å². The van der Waals surface area contributed by atoms with Crippen LogP contribution in [0.3, 0.4) is 0 Å². The van der Waals surface area contributed by atoms with E-state index >= 15 is 0 Å². The van der Waals surface area contributed by atoms with Crippen LogP contribution in [0.15, 0.2) is 17.4 Å². The summed E-state index contributed by atoms with van der Waals surface area (Å²) in [6.07, 6.45) is -1.21. The molecule has 7 heteroatoms. The van der Waals surface area contributed by atoms with E-state index < -0.39 is 11.9 Å².